The molecule has 2 heterocycles. The first-order chi connectivity index (χ1) is 11.1. The lowest BCUT2D eigenvalue weighted by atomic mass is 10.3. The third-order valence-corrected chi connectivity index (χ3v) is 5.61. The standard InChI is InChI=1S/C16H19N5S2/c1-4-9-20-10-17-21(16(20)22)11-19(3)12(2)15-18-13-7-5-6-8-14(13)23-15/h4-8,10,12H,1,9,11H2,2-3H3/p+1/t12-/m1/s1. The Morgan fingerprint density at radius 2 is 2.22 bits per heavy atom. The topological polar surface area (TPSA) is 40.1 Å². The predicted molar refractivity (Wildman–Crippen MR) is 96.2 cm³/mol. The molecule has 0 saturated heterocycles. The summed E-state index contributed by atoms with van der Waals surface area (Å²) in [7, 11) is 2.14. The smallest absolute Gasteiger partial charge is 0.202 e. The highest BCUT2D eigenvalue weighted by atomic mass is 32.1. The van der Waals surface area contributed by atoms with Gasteiger partial charge in [0, 0.05) is 6.54 Å². The third-order valence-electron chi connectivity index (χ3n) is 3.94. The van der Waals surface area contributed by atoms with Gasteiger partial charge in [-0.25, -0.2) is 4.98 Å². The van der Waals surface area contributed by atoms with Gasteiger partial charge in [0.05, 0.1) is 17.3 Å². The number of hydrogen-bond acceptors (Lipinski definition) is 4. The fraction of sp³-hybridized carbons (Fsp3) is 0.312. The van der Waals surface area contributed by atoms with Gasteiger partial charge in [0.15, 0.2) is 11.7 Å². The monoisotopic (exact) mass is 346 g/mol. The summed E-state index contributed by atoms with van der Waals surface area (Å²) < 4.78 is 5.73. The molecule has 0 amide bonds. The summed E-state index contributed by atoms with van der Waals surface area (Å²) in [5, 5.41) is 5.52. The Labute approximate surface area is 144 Å². The van der Waals surface area contributed by atoms with Crippen molar-refractivity contribution in [1.29, 1.82) is 0 Å². The van der Waals surface area contributed by atoms with Gasteiger partial charge in [-0.2, -0.15) is 9.78 Å². The Hall–Kier alpha value is -1.83. The maximum absolute atomic E-state index is 5.45. The van der Waals surface area contributed by atoms with Crippen molar-refractivity contribution in [2.45, 2.75) is 26.2 Å². The molecule has 1 unspecified atom stereocenters. The summed E-state index contributed by atoms with van der Waals surface area (Å²) in [5.41, 5.74) is 1.07. The fourth-order valence-corrected chi connectivity index (χ4v) is 3.75. The van der Waals surface area contributed by atoms with Crippen molar-refractivity contribution >= 4 is 33.8 Å². The number of rotatable bonds is 6. The maximum Gasteiger partial charge on any atom is 0.202 e. The molecule has 0 spiro atoms. The van der Waals surface area contributed by atoms with Crippen LogP contribution in [-0.2, 0) is 13.2 Å². The number of para-hydroxylation sites is 1. The lowest BCUT2D eigenvalue weighted by Crippen LogP contribution is -3.08. The van der Waals surface area contributed by atoms with Crippen molar-refractivity contribution in [1.82, 2.24) is 19.3 Å². The number of aromatic nitrogens is 4. The van der Waals surface area contributed by atoms with Crippen molar-refractivity contribution in [3.8, 4) is 0 Å². The molecule has 0 saturated carbocycles. The number of fused-ring (bicyclic) bond motifs is 1. The normalized spacial score (nSPS) is 14.0. The third kappa shape index (κ3) is 3.26. The number of hydrogen-bond donors (Lipinski definition) is 1. The van der Waals surface area contributed by atoms with Gasteiger partial charge in [-0.05, 0) is 31.3 Å². The molecule has 23 heavy (non-hydrogen) atoms. The summed E-state index contributed by atoms with van der Waals surface area (Å²) in [6, 6.07) is 8.53. The van der Waals surface area contributed by atoms with Crippen LogP contribution in [0.1, 0.15) is 18.0 Å². The number of benzene rings is 1. The number of nitrogens with one attached hydrogen (secondary N) is 1. The van der Waals surface area contributed by atoms with Gasteiger partial charge in [0.2, 0.25) is 4.77 Å². The van der Waals surface area contributed by atoms with Crippen LogP contribution in [0.3, 0.4) is 0 Å². The first kappa shape index (κ1) is 16.0. The van der Waals surface area contributed by atoms with Crippen molar-refractivity contribution < 1.29 is 4.90 Å². The first-order valence-corrected chi connectivity index (χ1v) is 8.73. The van der Waals surface area contributed by atoms with Gasteiger partial charge in [0.25, 0.3) is 0 Å². The molecule has 0 aliphatic carbocycles. The second kappa shape index (κ2) is 6.74. The summed E-state index contributed by atoms with van der Waals surface area (Å²) in [4.78, 5) is 6.05. The zero-order valence-corrected chi connectivity index (χ0v) is 14.9. The SMILES string of the molecule is C=CCn1cnn(C[NH+](C)[C@H](C)c2nc3ccccc3s2)c1=S. The van der Waals surface area contributed by atoms with E-state index in [9.17, 15) is 0 Å². The second-order valence-corrected chi connectivity index (χ2v) is 7.03. The molecule has 120 valence electrons. The van der Waals surface area contributed by atoms with Gasteiger partial charge < -0.3 is 9.47 Å². The van der Waals surface area contributed by atoms with E-state index in [1.54, 1.807) is 17.7 Å². The van der Waals surface area contributed by atoms with Crippen molar-refractivity contribution in [2.24, 2.45) is 0 Å². The van der Waals surface area contributed by atoms with Crippen LogP contribution in [-0.4, -0.2) is 26.4 Å². The molecule has 0 radical (unpaired) electrons. The highest BCUT2D eigenvalue weighted by Gasteiger charge is 2.20. The zero-order chi connectivity index (χ0) is 16.4. The molecule has 7 heteroatoms. The van der Waals surface area contributed by atoms with E-state index in [4.69, 9.17) is 17.2 Å². The highest BCUT2D eigenvalue weighted by Crippen LogP contribution is 2.24. The molecule has 5 nitrogen and oxygen atoms in total. The molecule has 2 aromatic heterocycles. The molecule has 3 rings (SSSR count). The van der Waals surface area contributed by atoms with Crippen LogP contribution in [0.2, 0.25) is 0 Å². The second-order valence-electron chi connectivity index (χ2n) is 5.60. The largest absolute Gasteiger partial charge is 0.311 e. The minimum absolute atomic E-state index is 0.277. The number of thiazole rings is 1. The van der Waals surface area contributed by atoms with Gasteiger partial charge in [-0.3, -0.25) is 0 Å². The molecular weight excluding hydrogens is 326 g/mol. The van der Waals surface area contributed by atoms with E-state index in [-0.39, 0.29) is 6.04 Å². The lowest BCUT2D eigenvalue weighted by Gasteiger charge is -2.19. The Morgan fingerprint density at radius 3 is 2.96 bits per heavy atom. The van der Waals surface area contributed by atoms with Crippen LogP contribution in [0.4, 0.5) is 0 Å². The van der Waals surface area contributed by atoms with Crippen molar-refractivity contribution in [2.75, 3.05) is 7.05 Å². The Balaban J connectivity index is 1.78. The van der Waals surface area contributed by atoms with E-state index in [0.717, 1.165) is 15.3 Å². The van der Waals surface area contributed by atoms with Gasteiger partial charge in [0.1, 0.15) is 12.4 Å². The van der Waals surface area contributed by atoms with E-state index in [0.29, 0.717) is 13.2 Å². The van der Waals surface area contributed by atoms with Gasteiger partial charge in [-0.15, -0.1) is 17.9 Å². The van der Waals surface area contributed by atoms with Crippen LogP contribution in [0.25, 0.3) is 10.2 Å². The average molecular weight is 347 g/mol. The summed E-state index contributed by atoms with van der Waals surface area (Å²) in [6.07, 6.45) is 3.59. The molecule has 3 aromatic rings. The van der Waals surface area contributed by atoms with E-state index in [1.165, 1.54) is 9.60 Å². The summed E-state index contributed by atoms with van der Waals surface area (Å²) in [5.74, 6) is 0. The number of nitrogens with zero attached hydrogens (tertiary/aromatic N) is 4. The molecular formula is C16H20N5S2+. The maximum atomic E-state index is 5.45. The van der Waals surface area contributed by atoms with Crippen LogP contribution >= 0.6 is 23.6 Å². The van der Waals surface area contributed by atoms with Gasteiger partial charge >= 0.3 is 0 Å². The van der Waals surface area contributed by atoms with Gasteiger partial charge in [-0.1, -0.05) is 18.2 Å². The zero-order valence-electron chi connectivity index (χ0n) is 13.3. The van der Waals surface area contributed by atoms with Crippen LogP contribution < -0.4 is 4.90 Å². The first-order valence-electron chi connectivity index (χ1n) is 7.51. The average Bonchev–Trinajstić information content (AvgIpc) is 3.12. The number of quaternary nitrogens is 1. The molecule has 1 N–H and O–H groups in total. The quantitative estimate of drug-likeness (QED) is 0.550. The fourth-order valence-electron chi connectivity index (χ4n) is 2.40. The summed E-state index contributed by atoms with van der Waals surface area (Å²) >= 11 is 7.21. The van der Waals surface area contributed by atoms with Crippen LogP contribution in [0.5, 0.6) is 0 Å². The molecule has 0 bridgehead atoms. The number of allylic oxidation sites excluding steroid dienone is 1. The van der Waals surface area contributed by atoms with Crippen molar-refractivity contribution in [3.63, 3.8) is 0 Å². The molecule has 0 aliphatic heterocycles. The minimum Gasteiger partial charge on any atom is -0.311 e. The molecule has 1 aromatic carbocycles. The molecule has 2 atom stereocenters. The predicted octanol–water partition coefficient (Wildman–Crippen LogP) is 2.44. The molecule has 0 aliphatic rings. The van der Waals surface area contributed by atoms with E-state index >= 15 is 0 Å². The van der Waals surface area contributed by atoms with Crippen LogP contribution in [0.15, 0.2) is 43.2 Å². The van der Waals surface area contributed by atoms with E-state index < -0.39 is 0 Å². The summed E-state index contributed by atoms with van der Waals surface area (Å²) in [6.45, 7) is 7.33. The molecule has 0 fully saturated rings. The van der Waals surface area contributed by atoms with E-state index in [2.05, 4.69) is 43.8 Å². The highest BCUT2D eigenvalue weighted by molar-refractivity contribution is 7.71. The Morgan fingerprint density at radius 1 is 1.43 bits per heavy atom. The van der Waals surface area contributed by atoms with Crippen LogP contribution in [0, 0.1) is 4.77 Å². The van der Waals surface area contributed by atoms with E-state index in [1.807, 2.05) is 21.4 Å². The Kier molecular flexibility index (Phi) is 4.70. The minimum atomic E-state index is 0.277. The lowest BCUT2D eigenvalue weighted by molar-refractivity contribution is -0.933. The Bertz CT molecular complexity index is 843. The van der Waals surface area contributed by atoms with Crippen molar-refractivity contribution in [3.05, 3.63) is 53.0 Å².